The Bertz CT molecular complexity index is 832. The van der Waals surface area contributed by atoms with Crippen LogP contribution in [0.2, 0.25) is 0 Å². The summed E-state index contributed by atoms with van der Waals surface area (Å²) in [6.45, 7) is 1.90. The summed E-state index contributed by atoms with van der Waals surface area (Å²) in [5, 5.41) is 17.0. The average Bonchev–Trinajstić information content (AvgIpc) is 3.20. The molecule has 8 nitrogen and oxygen atoms in total. The van der Waals surface area contributed by atoms with Gasteiger partial charge in [0.05, 0.1) is 17.7 Å². The molecule has 2 heterocycles. The van der Waals surface area contributed by atoms with Crippen molar-refractivity contribution in [1.82, 2.24) is 10.6 Å². The van der Waals surface area contributed by atoms with E-state index in [1.165, 1.54) is 6.07 Å². The van der Waals surface area contributed by atoms with E-state index in [0.717, 1.165) is 32.4 Å². The molecule has 1 fully saturated rings. The number of thiocarbonyl (C=S) groups is 1. The molecule has 0 bridgehead atoms. The third-order valence-electron chi connectivity index (χ3n) is 4.36. The summed E-state index contributed by atoms with van der Waals surface area (Å²) in [6, 6.07) is 8.05. The van der Waals surface area contributed by atoms with Crippen LogP contribution in [-0.4, -0.2) is 29.0 Å². The van der Waals surface area contributed by atoms with Crippen molar-refractivity contribution in [1.29, 1.82) is 0 Å². The molecule has 1 amide bonds. The van der Waals surface area contributed by atoms with Crippen LogP contribution in [0.3, 0.4) is 0 Å². The Morgan fingerprint density at radius 1 is 1.26 bits per heavy atom. The third-order valence-corrected chi connectivity index (χ3v) is 4.61. The molecule has 0 aliphatic carbocycles. The van der Waals surface area contributed by atoms with Gasteiger partial charge in [-0.15, -0.1) is 0 Å². The minimum Gasteiger partial charge on any atom is -0.467 e. The quantitative estimate of drug-likeness (QED) is 0.461. The highest BCUT2D eigenvalue weighted by Crippen LogP contribution is 2.31. The van der Waals surface area contributed by atoms with Crippen LogP contribution in [0.5, 0.6) is 0 Å². The van der Waals surface area contributed by atoms with Crippen molar-refractivity contribution in [3.63, 3.8) is 0 Å². The largest absolute Gasteiger partial charge is 0.467 e. The average molecular weight is 388 g/mol. The maximum absolute atomic E-state index is 12.4. The van der Waals surface area contributed by atoms with E-state index in [1.807, 2.05) is 4.90 Å². The van der Waals surface area contributed by atoms with E-state index in [4.69, 9.17) is 16.6 Å². The number of hydrogen-bond acceptors (Lipinski definition) is 6. The summed E-state index contributed by atoms with van der Waals surface area (Å²) >= 11 is 5.09. The number of piperidine rings is 1. The van der Waals surface area contributed by atoms with Crippen molar-refractivity contribution >= 4 is 34.6 Å². The highest BCUT2D eigenvalue weighted by atomic mass is 32.1. The second-order valence-corrected chi connectivity index (χ2v) is 6.63. The first kappa shape index (κ1) is 18.8. The number of nitrogens with one attached hydrogen (secondary N) is 2. The van der Waals surface area contributed by atoms with E-state index < -0.39 is 10.8 Å². The van der Waals surface area contributed by atoms with Gasteiger partial charge in [-0.25, -0.2) is 0 Å². The van der Waals surface area contributed by atoms with Crippen LogP contribution in [0.25, 0.3) is 0 Å². The SMILES string of the molecule is O=C(NC(=S)NCc1ccco1)c1ccc(N2CCCCC2)c([N+](=O)[O-])c1. The molecule has 1 aliphatic heterocycles. The molecule has 0 radical (unpaired) electrons. The topological polar surface area (TPSA) is 101 Å². The zero-order valence-corrected chi connectivity index (χ0v) is 15.5. The Hall–Kier alpha value is -2.94. The fraction of sp³-hybridized carbons (Fsp3) is 0.333. The monoisotopic (exact) mass is 388 g/mol. The fourth-order valence-electron chi connectivity index (χ4n) is 3.01. The van der Waals surface area contributed by atoms with Gasteiger partial charge in [0.15, 0.2) is 5.11 Å². The molecule has 142 valence electrons. The lowest BCUT2D eigenvalue weighted by atomic mass is 10.1. The summed E-state index contributed by atoms with van der Waals surface area (Å²) < 4.78 is 5.17. The zero-order chi connectivity index (χ0) is 19.2. The molecule has 1 aliphatic rings. The van der Waals surface area contributed by atoms with E-state index in [0.29, 0.717) is 18.0 Å². The van der Waals surface area contributed by atoms with Crippen LogP contribution < -0.4 is 15.5 Å². The first-order valence-corrected chi connectivity index (χ1v) is 9.10. The minimum atomic E-state index is -0.500. The number of furan rings is 1. The Labute approximate surface area is 161 Å². The third kappa shape index (κ3) is 4.82. The van der Waals surface area contributed by atoms with Gasteiger partial charge in [-0.3, -0.25) is 20.2 Å². The Morgan fingerprint density at radius 3 is 2.70 bits per heavy atom. The van der Waals surface area contributed by atoms with E-state index in [9.17, 15) is 14.9 Å². The van der Waals surface area contributed by atoms with Gasteiger partial charge in [0.25, 0.3) is 11.6 Å². The molecule has 0 saturated carbocycles. The number of rotatable bonds is 5. The highest BCUT2D eigenvalue weighted by molar-refractivity contribution is 7.80. The number of amides is 1. The lowest BCUT2D eigenvalue weighted by Gasteiger charge is -2.28. The Morgan fingerprint density at radius 2 is 2.04 bits per heavy atom. The van der Waals surface area contributed by atoms with Crippen molar-refractivity contribution in [2.24, 2.45) is 0 Å². The van der Waals surface area contributed by atoms with Gasteiger partial charge in [-0.2, -0.15) is 0 Å². The van der Waals surface area contributed by atoms with Gasteiger partial charge in [0.1, 0.15) is 11.4 Å². The van der Waals surface area contributed by atoms with Crippen LogP contribution in [0.1, 0.15) is 35.4 Å². The summed E-state index contributed by atoms with van der Waals surface area (Å²) in [5.74, 6) is 0.174. The van der Waals surface area contributed by atoms with Crippen molar-refractivity contribution in [2.45, 2.75) is 25.8 Å². The van der Waals surface area contributed by atoms with Gasteiger partial charge in [0.2, 0.25) is 0 Å². The number of carbonyl (C=O) groups excluding carboxylic acids is 1. The van der Waals surface area contributed by atoms with E-state index >= 15 is 0 Å². The summed E-state index contributed by atoms with van der Waals surface area (Å²) in [7, 11) is 0. The van der Waals surface area contributed by atoms with Gasteiger partial charge in [0, 0.05) is 24.7 Å². The Balaban J connectivity index is 1.67. The smallest absolute Gasteiger partial charge is 0.293 e. The molecule has 3 rings (SSSR count). The molecule has 0 unspecified atom stereocenters. The number of hydrogen-bond donors (Lipinski definition) is 2. The lowest BCUT2D eigenvalue weighted by Crippen LogP contribution is -2.38. The summed E-state index contributed by atoms with van der Waals surface area (Å²) in [4.78, 5) is 25.4. The molecular weight excluding hydrogens is 368 g/mol. The molecule has 9 heteroatoms. The number of nitro benzene ring substituents is 1. The van der Waals surface area contributed by atoms with Crippen LogP contribution in [0.15, 0.2) is 41.0 Å². The number of carbonyl (C=O) groups is 1. The van der Waals surface area contributed by atoms with Crippen molar-refractivity contribution in [2.75, 3.05) is 18.0 Å². The van der Waals surface area contributed by atoms with Crippen LogP contribution in [0.4, 0.5) is 11.4 Å². The molecular formula is C18H20N4O4S. The molecule has 2 aromatic rings. The number of nitro groups is 1. The van der Waals surface area contributed by atoms with Crippen molar-refractivity contribution in [3.05, 3.63) is 58.0 Å². The first-order chi connectivity index (χ1) is 13.0. The summed E-state index contributed by atoms with van der Waals surface area (Å²) in [5.41, 5.74) is 0.665. The van der Waals surface area contributed by atoms with Gasteiger partial charge < -0.3 is 14.6 Å². The molecule has 1 aromatic carbocycles. The van der Waals surface area contributed by atoms with Crippen molar-refractivity contribution < 1.29 is 14.1 Å². The second kappa shape index (κ2) is 8.63. The molecule has 0 atom stereocenters. The van der Waals surface area contributed by atoms with E-state index in [1.54, 1.807) is 30.5 Å². The molecule has 0 spiro atoms. The highest BCUT2D eigenvalue weighted by Gasteiger charge is 2.23. The second-order valence-electron chi connectivity index (χ2n) is 6.22. The van der Waals surface area contributed by atoms with E-state index in [-0.39, 0.29) is 16.4 Å². The number of anilines is 1. The van der Waals surface area contributed by atoms with Crippen LogP contribution >= 0.6 is 12.2 Å². The normalized spacial score (nSPS) is 13.9. The molecule has 1 aromatic heterocycles. The van der Waals surface area contributed by atoms with Gasteiger partial charge >= 0.3 is 0 Å². The van der Waals surface area contributed by atoms with Gasteiger partial charge in [-0.1, -0.05) is 0 Å². The number of benzene rings is 1. The van der Waals surface area contributed by atoms with E-state index in [2.05, 4.69) is 10.6 Å². The predicted molar refractivity (Wildman–Crippen MR) is 105 cm³/mol. The summed E-state index contributed by atoms with van der Waals surface area (Å²) in [6.07, 6.45) is 4.69. The molecule has 27 heavy (non-hydrogen) atoms. The van der Waals surface area contributed by atoms with Crippen LogP contribution in [0, 0.1) is 10.1 Å². The fourth-order valence-corrected chi connectivity index (χ4v) is 3.18. The predicted octanol–water partition coefficient (Wildman–Crippen LogP) is 2.98. The van der Waals surface area contributed by atoms with Crippen molar-refractivity contribution in [3.8, 4) is 0 Å². The van der Waals surface area contributed by atoms with Crippen LogP contribution in [-0.2, 0) is 6.54 Å². The standard InChI is InChI=1S/C18H20N4O4S/c23-17(20-18(27)19-12-14-5-4-10-26-14)13-6-7-15(16(11-13)22(24)25)21-8-2-1-3-9-21/h4-7,10-11H,1-3,8-9,12H2,(H2,19,20,23,27). The number of nitrogens with zero attached hydrogens (tertiary/aromatic N) is 2. The molecule has 1 saturated heterocycles. The molecule has 2 N–H and O–H groups in total. The van der Waals surface area contributed by atoms with Gasteiger partial charge in [-0.05, 0) is 55.7 Å². The zero-order valence-electron chi connectivity index (χ0n) is 14.6. The lowest BCUT2D eigenvalue weighted by molar-refractivity contribution is -0.384. The minimum absolute atomic E-state index is 0.0704. The maximum Gasteiger partial charge on any atom is 0.293 e. The Kier molecular flexibility index (Phi) is 6.02. The maximum atomic E-state index is 12.4. The first-order valence-electron chi connectivity index (χ1n) is 8.69.